The van der Waals surface area contributed by atoms with Gasteiger partial charge in [0.15, 0.2) is 5.60 Å². The molecule has 5 aromatic carbocycles. The lowest BCUT2D eigenvalue weighted by molar-refractivity contribution is -0.157. The van der Waals surface area contributed by atoms with Gasteiger partial charge in [0.1, 0.15) is 12.6 Å². The Morgan fingerprint density at radius 2 is 1.00 bits per heavy atom. The number of carboxylic acids is 1. The van der Waals surface area contributed by atoms with Gasteiger partial charge in [0.25, 0.3) is 0 Å². The molecule has 83 heavy (non-hydrogen) atoms. The summed E-state index contributed by atoms with van der Waals surface area (Å²) in [5, 5.41) is 17.9. The molecule has 0 heterocycles. The fourth-order valence-electron chi connectivity index (χ4n) is 10.5. The van der Waals surface area contributed by atoms with E-state index in [0.717, 1.165) is 48.5 Å². The van der Waals surface area contributed by atoms with Crippen LogP contribution in [0.5, 0.6) is 0 Å². The van der Waals surface area contributed by atoms with E-state index in [9.17, 15) is 24.0 Å². The van der Waals surface area contributed by atoms with Crippen molar-refractivity contribution in [2.75, 3.05) is 59.3 Å². The number of benzene rings is 5. The standard InChI is InChI=1S/C67H85ClIN3O11/c68-60-33-23-22-32-59(60)67(51-26-14-13-15-27-51,52-36-38-53(69)39-37-52)83-65(77)61(72-63(74)34-16-11-9-7-5-3-1-2-4-6-8-10-12-17-35-64(75)76)40-41-62(73)70-42-24-44-79-46-48-81-49-47-80-45-25-43-71-66(78)82-50-58-56-30-20-18-28-54(56)55-29-19-21-31-57(55)58/h13-15,18-23,26-33,36-39,58,61H,1-12,16-17,24-25,34-35,40-50H2,(H,70,73)(H,71,78)(H,72,74)(H,75,76)/t61-,67?/m0/s1. The van der Waals surface area contributed by atoms with E-state index in [4.69, 9.17) is 40.4 Å². The quantitative estimate of drug-likeness (QED) is 0.0126. The lowest BCUT2D eigenvalue weighted by atomic mass is 9.80. The molecule has 6 rings (SSSR count). The number of hydrogen-bond acceptors (Lipinski definition) is 10. The van der Waals surface area contributed by atoms with Crippen molar-refractivity contribution >= 4 is 64.0 Å². The van der Waals surface area contributed by atoms with Gasteiger partial charge in [0, 0.05) is 76.8 Å². The van der Waals surface area contributed by atoms with E-state index in [1.165, 1.54) is 60.8 Å². The van der Waals surface area contributed by atoms with E-state index in [1.807, 2.05) is 97.1 Å². The molecule has 0 spiro atoms. The number of nitrogens with one attached hydrogen (secondary N) is 3. The van der Waals surface area contributed by atoms with Gasteiger partial charge in [-0.1, -0.05) is 198 Å². The maximum absolute atomic E-state index is 14.8. The third-order valence-electron chi connectivity index (χ3n) is 14.9. The first-order valence-corrected chi connectivity index (χ1v) is 31.4. The molecule has 1 unspecified atom stereocenters. The number of esters is 1. The molecule has 0 aliphatic heterocycles. The second-order valence-electron chi connectivity index (χ2n) is 21.1. The normalized spacial score (nSPS) is 12.8. The number of halogens is 2. The van der Waals surface area contributed by atoms with Crippen LogP contribution in [0.25, 0.3) is 11.1 Å². The summed E-state index contributed by atoms with van der Waals surface area (Å²) >= 11 is 9.20. The van der Waals surface area contributed by atoms with Crippen LogP contribution >= 0.6 is 34.2 Å². The first kappa shape index (κ1) is 66.3. The molecular weight excluding hydrogens is 1190 g/mol. The van der Waals surface area contributed by atoms with E-state index in [2.05, 4.69) is 62.8 Å². The van der Waals surface area contributed by atoms with Gasteiger partial charge in [0.2, 0.25) is 11.8 Å². The van der Waals surface area contributed by atoms with Crippen molar-refractivity contribution in [1.82, 2.24) is 16.0 Å². The van der Waals surface area contributed by atoms with E-state index in [1.54, 1.807) is 6.07 Å². The Bertz CT molecular complexity index is 2690. The minimum absolute atomic E-state index is 0.0125. The third kappa shape index (κ3) is 22.9. The molecule has 1 aliphatic carbocycles. The van der Waals surface area contributed by atoms with Crippen LogP contribution in [0.2, 0.25) is 5.02 Å². The number of amides is 3. The fourth-order valence-corrected chi connectivity index (χ4v) is 11.1. The number of unbranched alkanes of at least 4 members (excludes halogenated alkanes) is 13. The molecule has 5 aromatic rings. The van der Waals surface area contributed by atoms with E-state index in [0.29, 0.717) is 93.7 Å². The molecule has 2 atom stereocenters. The second kappa shape index (κ2) is 38.2. The molecule has 448 valence electrons. The first-order valence-electron chi connectivity index (χ1n) is 30.0. The summed E-state index contributed by atoms with van der Waals surface area (Å²) in [6.45, 7) is 3.51. The van der Waals surface area contributed by atoms with Gasteiger partial charge in [-0.2, -0.15) is 0 Å². The monoisotopic (exact) mass is 1270 g/mol. The van der Waals surface area contributed by atoms with Crippen LogP contribution in [-0.4, -0.2) is 100 Å². The summed E-state index contributed by atoms with van der Waals surface area (Å²) in [4.78, 5) is 64.9. The zero-order valence-corrected chi connectivity index (χ0v) is 51.0. The lowest BCUT2D eigenvalue weighted by Crippen LogP contribution is -2.46. The number of carbonyl (C=O) groups is 5. The maximum Gasteiger partial charge on any atom is 0.407 e. The minimum atomic E-state index is -1.49. The summed E-state index contributed by atoms with van der Waals surface area (Å²) in [6.07, 6.45) is 16.2. The number of aliphatic carboxylic acids is 1. The van der Waals surface area contributed by atoms with Gasteiger partial charge in [-0.15, -0.1) is 0 Å². The highest BCUT2D eigenvalue weighted by Crippen LogP contribution is 2.45. The number of rotatable bonds is 42. The largest absolute Gasteiger partial charge is 0.481 e. The molecule has 0 radical (unpaired) electrons. The van der Waals surface area contributed by atoms with Gasteiger partial charge >= 0.3 is 18.0 Å². The van der Waals surface area contributed by atoms with Crippen molar-refractivity contribution in [3.63, 3.8) is 0 Å². The Balaban J connectivity index is 0.874. The number of carboxylic acid groups (broad SMARTS) is 1. The van der Waals surface area contributed by atoms with Crippen LogP contribution in [0.15, 0.2) is 127 Å². The highest BCUT2D eigenvalue weighted by molar-refractivity contribution is 14.1. The average molecular weight is 1270 g/mol. The fraction of sp³-hybridized carbons (Fsp3) is 0.478. The third-order valence-corrected chi connectivity index (χ3v) is 15.9. The van der Waals surface area contributed by atoms with Crippen molar-refractivity contribution < 1.29 is 52.8 Å². The van der Waals surface area contributed by atoms with Crippen molar-refractivity contribution in [3.05, 3.63) is 164 Å². The van der Waals surface area contributed by atoms with Crippen molar-refractivity contribution in [2.24, 2.45) is 0 Å². The van der Waals surface area contributed by atoms with Crippen LogP contribution in [-0.2, 0) is 48.5 Å². The van der Waals surface area contributed by atoms with Gasteiger partial charge in [0.05, 0.1) is 26.4 Å². The molecular formula is C67H85ClIN3O11. The molecule has 14 nitrogen and oxygen atoms in total. The molecule has 0 bridgehead atoms. The summed E-state index contributed by atoms with van der Waals surface area (Å²) < 4.78 is 30.4. The minimum Gasteiger partial charge on any atom is -0.481 e. The number of hydrogen-bond donors (Lipinski definition) is 4. The smallest absolute Gasteiger partial charge is 0.407 e. The van der Waals surface area contributed by atoms with E-state index in [-0.39, 0.29) is 50.0 Å². The van der Waals surface area contributed by atoms with Gasteiger partial charge in [-0.25, -0.2) is 9.59 Å². The van der Waals surface area contributed by atoms with E-state index >= 15 is 0 Å². The Labute approximate surface area is 510 Å². The summed E-state index contributed by atoms with van der Waals surface area (Å²) in [7, 11) is 0. The predicted molar refractivity (Wildman–Crippen MR) is 333 cm³/mol. The van der Waals surface area contributed by atoms with Crippen LogP contribution in [0.4, 0.5) is 4.79 Å². The van der Waals surface area contributed by atoms with Crippen LogP contribution in [0.1, 0.15) is 162 Å². The average Bonchev–Trinajstić information content (AvgIpc) is 2.82. The highest BCUT2D eigenvalue weighted by atomic mass is 127. The van der Waals surface area contributed by atoms with E-state index < -0.39 is 29.7 Å². The molecule has 16 heteroatoms. The predicted octanol–water partition coefficient (Wildman–Crippen LogP) is 13.9. The number of carbonyl (C=O) groups excluding carboxylic acids is 4. The SMILES string of the molecule is O=C(O)CCCCCCCCCCCCCCCCC(=O)N[C@@H](CCC(=O)NCCCOCCOCCOCCCNC(=O)OCC1c2ccccc2-c2ccccc21)C(=O)OC(c1ccccc1)(c1ccc(I)cc1)c1ccccc1Cl. The Morgan fingerprint density at radius 1 is 0.518 bits per heavy atom. The maximum atomic E-state index is 14.8. The molecule has 1 aliphatic rings. The van der Waals surface area contributed by atoms with Crippen molar-refractivity contribution in [2.45, 2.75) is 146 Å². The zero-order chi connectivity index (χ0) is 58.7. The number of fused-ring (bicyclic) bond motifs is 3. The molecule has 0 fully saturated rings. The topological polar surface area (TPSA) is 188 Å². The zero-order valence-electron chi connectivity index (χ0n) is 48.1. The van der Waals surface area contributed by atoms with Crippen LogP contribution in [0, 0.1) is 3.57 Å². The summed E-state index contributed by atoms with van der Waals surface area (Å²) in [6, 6.07) is 39.8. The molecule has 0 saturated carbocycles. The lowest BCUT2D eigenvalue weighted by Gasteiger charge is -2.37. The molecule has 3 amide bonds. The van der Waals surface area contributed by atoms with Gasteiger partial charge in [-0.05, 0) is 95.1 Å². The Hall–Kier alpha value is -5.85. The number of alkyl carbamates (subject to hydrolysis) is 1. The van der Waals surface area contributed by atoms with Crippen molar-refractivity contribution in [1.29, 1.82) is 0 Å². The highest BCUT2D eigenvalue weighted by Gasteiger charge is 2.44. The van der Waals surface area contributed by atoms with Crippen LogP contribution in [0.3, 0.4) is 0 Å². The summed E-state index contributed by atoms with van der Waals surface area (Å²) in [5.41, 5.74) is 5.12. The molecule has 0 saturated heterocycles. The van der Waals surface area contributed by atoms with Gasteiger partial charge < -0.3 is 44.7 Å². The second-order valence-corrected chi connectivity index (χ2v) is 22.8. The van der Waals surface area contributed by atoms with Crippen molar-refractivity contribution in [3.8, 4) is 11.1 Å². The summed E-state index contributed by atoms with van der Waals surface area (Å²) in [5.74, 6) is -1.94. The van der Waals surface area contributed by atoms with Gasteiger partial charge in [-0.3, -0.25) is 14.4 Å². The Kier molecular flexibility index (Phi) is 30.5. The van der Waals surface area contributed by atoms with Crippen LogP contribution < -0.4 is 16.0 Å². The Morgan fingerprint density at radius 3 is 1.57 bits per heavy atom. The first-order chi connectivity index (χ1) is 40.6. The number of ether oxygens (including phenoxy) is 5. The molecule has 0 aromatic heterocycles. The molecule has 4 N–H and O–H groups in total.